The van der Waals surface area contributed by atoms with Crippen LogP contribution >= 0.6 is 0 Å². The highest BCUT2D eigenvalue weighted by atomic mass is 16.5. The minimum Gasteiger partial charge on any atom is -0.487 e. The van der Waals surface area contributed by atoms with Crippen molar-refractivity contribution in [2.24, 2.45) is 0 Å². The average molecular weight is 255 g/mol. The molecule has 1 aliphatic carbocycles. The summed E-state index contributed by atoms with van der Waals surface area (Å²) in [7, 11) is 0. The summed E-state index contributed by atoms with van der Waals surface area (Å²) in [5.74, 6) is 0.798. The van der Waals surface area contributed by atoms with Crippen LogP contribution in [0, 0.1) is 0 Å². The van der Waals surface area contributed by atoms with Crippen LogP contribution in [0.1, 0.15) is 24.1 Å². The third kappa shape index (κ3) is 3.76. The van der Waals surface area contributed by atoms with Crippen molar-refractivity contribution in [1.82, 2.24) is 15.3 Å². The number of rotatable bonds is 6. The van der Waals surface area contributed by atoms with Crippen LogP contribution in [0.25, 0.3) is 0 Å². The normalized spacial score (nSPS) is 14.3. The van der Waals surface area contributed by atoms with Crippen molar-refractivity contribution in [2.75, 3.05) is 0 Å². The molecule has 1 saturated carbocycles. The second-order valence-corrected chi connectivity index (χ2v) is 4.78. The summed E-state index contributed by atoms with van der Waals surface area (Å²) < 4.78 is 5.67. The summed E-state index contributed by atoms with van der Waals surface area (Å²) in [6.45, 7) is 1.39. The Morgan fingerprint density at radius 3 is 2.68 bits per heavy atom. The van der Waals surface area contributed by atoms with Crippen molar-refractivity contribution in [1.29, 1.82) is 0 Å². The first-order valence-electron chi connectivity index (χ1n) is 6.60. The fourth-order valence-corrected chi connectivity index (χ4v) is 1.78. The molecule has 0 spiro atoms. The van der Waals surface area contributed by atoms with E-state index in [0.717, 1.165) is 23.6 Å². The van der Waals surface area contributed by atoms with Gasteiger partial charge in [0.05, 0.1) is 11.9 Å². The van der Waals surface area contributed by atoms with E-state index in [9.17, 15) is 0 Å². The topological polar surface area (TPSA) is 47.0 Å². The van der Waals surface area contributed by atoms with Gasteiger partial charge in [-0.2, -0.15) is 0 Å². The first-order valence-corrected chi connectivity index (χ1v) is 6.60. The fourth-order valence-electron chi connectivity index (χ4n) is 1.78. The summed E-state index contributed by atoms with van der Waals surface area (Å²) in [4.78, 5) is 8.37. The quantitative estimate of drug-likeness (QED) is 0.860. The van der Waals surface area contributed by atoms with Crippen LogP contribution in [0.5, 0.6) is 5.75 Å². The first kappa shape index (κ1) is 12.1. The van der Waals surface area contributed by atoms with Crippen LogP contribution < -0.4 is 10.1 Å². The maximum Gasteiger partial charge on any atom is 0.138 e. The molecule has 1 fully saturated rings. The van der Waals surface area contributed by atoms with Crippen molar-refractivity contribution >= 4 is 0 Å². The number of hydrogen-bond donors (Lipinski definition) is 1. The Morgan fingerprint density at radius 2 is 2.00 bits per heavy atom. The van der Waals surface area contributed by atoms with Gasteiger partial charge in [-0.25, -0.2) is 0 Å². The van der Waals surface area contributed by atoms with Gasteiger partial charge in [-0.15, -0.1) is 0 Å². The molecular weight excluding hydrogens is 238 g/mol. The lowest BCUT2D eigenvalue weighted by molar-refractivity contribution is 0.304. The molecule has 1 aliphatic rings. The van der Waals surface area contributed by atoms with E-state index in [1.807, 2.05) is 24.3 Å². The molecule has 2 aromatic rings. The number of nitrogens with zero attached hydrogens (tertiary/aromatic N) is 2. The second-order valence-electron chi connectivity index (χ2n) is 4.78. The zero-order valence-corrected chi connectivity index (χ0v) is 10.7. The molecule has 3 rings (SSSR count). The van der Waals surface area contributed by atoms with Crippen LogP contribution in [-0.2, 0) is 13.2 Å². The standard InChI is InChI=1S/C15H17N3O/c1-2-13(1)17-9-14-3-4-15(10-18-14)19-11-12-5-7-16-8-6-12/h3-8,10,13,17H,1-2,9,11H2. The monoisotopic (exact) mass is 255 g/mol. The maximum atomic E-state index is 5.67. The van der Waals surface area contributed by atoms with E-state index in [2.05, 4.69) is 15.3 Å². The van der Waals surface area contributed by atoms with Gasteiger partial charge in [-0.1, -0.05) is 0 Å². The molecule has 1 N–H and O–H groups in total. The SMILES string of the molecule is c1cc(COc2ccc(CNC3CC3)nc2)ccn1. The van der Waals surface area contributed by atoms with Gasteiger partial charge in [0.1, 0.15) is 12.4 Å². The zero-order chi connectivity index (χ0) is 12.9. The van der Waals surface area contributed by atoms with E-state index in [1.54, 1.807) is 18.6 Å². The molecule has 4 nitrogen and oxygen atoms in total. The molecule has 0 saturated heterocycles. The molecule has 0 radical (unpaired) electrons. The van der Waals surface area contributed by atoms with Crippen LogP contribution in [0.2, 0.25) is 0 Å². The maximum absolute atomic E-state index is 5.67. The van der Waals surface area contributed by atoms with Crippen LogP contribution in [0.15, 0.2) is 42.9 Å². The summed E-state index contributed by atoms with van der Waals surface area (Å²) >= 11 is 0. The molecule has 2 aromatic heterocycles. The highest BCUT2D eigenvalue weighted by Crippen LogP contribution is 2.19. The summed E-state index contributed by atoms with van der Waals surface area (Å²) in [6, 6.07) is 8.59. The predicted octanol–water partition coefficient (Wildman–Crippen LogP) is 2.31. The minimum atomic E-state index is 0.546. The Hall–Kier alpha value is -1.94. The van der Waals surface area contributed by atoms with Gasteiger partial charge < -0.3 is 10.1 Å². The van der Waals surface area contributed by atoms with Crippen LogP contribution in [0.3, 0.4) is 0 Å². The molecule has 0 aliphatic heterocycles. The summed E-state index contributed by atoms with van der Waals surface area (Å²) in [5, 5.41) is 3.44. The molecule has 0 bridgehead atoms. The Bertz CT molecular complexity index is 509. The number of aromatic nitrogens is 2. The number of ether oxygens (including phenoxy) is 1. The number of pyridine rings is 2. The van der Waals surface area contributed by atoms with Crippen molar-refractivity contribution in [3.8, 4) is 5.75 Å². The van der Waals surface area contributed by atoms with Gasteiger partial charge in [0, 0.05) is 25.0 Å². The predicted molar refractivity (Wildman–Crippen MR) is 72.7 cm³/mol. The second kappa shape index (κ2) is 5.80. The first-order chi connectivity index (χ1) is 9.40. The van der Waals surface area contributed by atoms with E-state index in [1.165, 1.54) is 12.8 Å². The molecule has 0 aromatic carbocycles. The van der Waals surface area contributed by atoms with E-state index >= 15 is 0 Å². The smallest absolute Gasteiger partial charge is 0.138 e. The lowest BCUT2D eigenvalue weighted by atomic mass is 10.3. The Balaban J connectivity index is 1.50. The average Bonchev–Trinajstić information content (AvgIpc) is 3.29. The molecule has 2 heterocycles. The number of nitrogens with one attached hydrogen (secondary N) is 1. The van der Waals surface area contributed by atoms with Crippen LogP contribution in [-0.4, -0.2) is 16.0 Å². The molecule has 4 heteroatoms. The van der Waals surface area contributed by atoms with Crippen molar-refractivity contribution < 1.29 is 4.74 Å². The summed E-state index contributed by atoms with van der Waals surface area (Å²) in [6.07, 6.45) is 7.92. The van der Waals surface area contributed by atoms with Crippen molar-refractivity contribution in [3.63, 3.8) is 0 Å². The molecule has 0 amide bonds. The zero-order valence-electron chi connectivity index (χ0n) is 10.7. The van der Waals surface area contributed by atoms with Gasteiger partial charge >= 0.3 is 0 Å². The van der Waals surface area contributed by atoms with Crippen molar-refractivity contribution in [3.05, 3.63) is 54.1 Å². The fraction of sp³-hybridized carbons (Fsp3) is 0.333. The highest BCUT2D eigenvalue weighted by molar-refractivity contribution is 5.21. The van der Waals surface area contributed by atoms with Gasteiger partial charge in [-0.05, 0) is 42.7 Å². The third-order valence-corrected chi connectivity index (χ3v) is 3.10. The Morgan fingerprint density at radius 1 is 1.16 bits per heavy atom. The minimum absolute atomic E-state index is 0.546. The highest BCUT2D eigenvalue weighted by Gasteiger charge is 2.19. The third-order valence-electron chi connectivity index (χ3n) is 3.10. The largest absolute Gasteiger partial charge is 0.487 e. The lowest BCUT2D eigenvalue weighted by Gasteiger charge is -2.07. The lowest BCUT2D eigenvalue weighted by Crippen LogP contribution is -2.16. The van der Waals surface area contributed by atoms with E-state index in [4.69, 9.17) is 4.74 Å². The van der Waals surface area contributed by atoms with Gasteiger partial charge in [0.25, 0.3) is 0 Å². The molecule has 0 unspecified atom stereocenters. The van der Waals surface area contributed by atoms with E-state index in [-0.39, 0.29) is 0 Å². The Kier molecular flexibility index (Phi) is 3.70. The van der Waals surface area contributed by atoms with Crippen molar-refractivity contribution in [2.45, 2.75) is 32.0 Å². The molecule has 98 valence electrons. The number of hydrogen-bond acceptors (Lipinski definition) is 4. The van der Waals surface area contributed by atoms with E-state index in [0.29, 0.717) is 12.6 Å². The molecule has 0 atom stereocenters. The summed E-state index contributed by atoms with van der Waals surface area (Å²) in [5.41, 5.74) is 2.16. The van der Waals surface area contributed by atoms with E-state index < -0.39 is 0 Å². The van der Waals surface area contributed by atoms with Gasteiger partial charge in [0.15, 0.2) is 0 Å². The van der Waals surface area contributed by atoms with Gasteiger partial charge in [-0.3, -0.25) is 9.97 Å². The Labute approximate surface area is 112 Å². The van der Waals surface area contributed by atoms with Crippen LogP contribution in [0.4, 0.5) is 0 Å². The molecular formula is C15H17N3O. The van der Waals surface area contributed by atoms with Gasteiger partial charge in [0.2, 0.25) is 0 Å². The molecule has 19 heavy (non-hydrogen) atoms.